The minimum Gasteiger partial charge on any atom is -0.481 e. The van der Waals surface area contributed by atoms with E-state index in [9.17, 15) is 96.2 Å². The molecule has 0 bridgehead atoms. The smallest absolute Gasteiger partial charge is 0.326 e. The third kappa shape index (κ3) is 63.3. The van der Waals surface area contributed by atoms with Gasteiger partial charge in [-0.2, -0.15) is 0 Å². The largest absolute Gasteiger partial charge is 0.481 e. The van der Waals surface area contributed by atoms with Gasteiger partial charge >= 0.3 is 114 Å². The Labute approximate surface area is 760 Å². The molecule has 0 fully saturated rings. The molecule has 4 aromatic carbocycles. The summed E-state index contributed by atoms with van der Waals surface area (Å²) in [5.74, 6) is -14.1. The monoisotopic (exact) mass is 1860 g/mol. The van der Waals surface area contributed by atoms with Crippen LogP contribution < -0.4 is 79.8 Å². The normalized spacial score (nSPS) is 12.2. The summed E-state index contributed by atoms with van der Waals surface area (Å²) in [5, 5.41) is 146. The fraction of sp³-hybridized carbons (Fsp3) is 0.500. The number of carboxylic acid groups (broad SMARTS) is 12. The van der Waals surface area contributed by atoms with Crippen LogP contribution in [-0.4, -0.2) is 250 Å². The van der Waals surface area contributed by atoms with Crippen molar-refractivity contribution in [1.29, 1.82) is 0 Å². The van der Waals surface area contributed by atoms with Gasteiger partial charge in [-0.25, -0.2) is 43.2 Å². The Kier molecular flexibility index (Phi) is 58.3. The van der Waals surface area contributed by atoms with Crippen molar-refractivity contribution in [3.63, 3.8) is 0 Å². The van der Waals surface area contributed by atoms with E-state index in [1.54, 1.807) is 36.4 Å². The molecule has 132 heavy (non-hydrogen) atoms. The first-order valence-electron chi connectivity index (χ1n) is 42.4. The Morgan fingerprint density at radius 3 is 0.705 bits per heavy atom. The fourth-order valence-electron chi connectivity index (χ4n) is 12.0. The number of aliphatic carboxylic acids is 12. The number of unbranched alkanes of at least 4 members (excludes halogenated alkanes) is 4. The molecule has 0 aromatic heterocycles. The third-order valence-electron chi connectivity index (χ3n) is 18.8. The zero-order valence-corrected chi connectivity index (χ0v) is 73.9. The first-order chi connectivity index (χ1) is 62.3. The second kappa shape index (κ2) is 66.7. The van der Waals surface area contributed by atoms with E-state index in [1.165, 1.54) is 11.1 Å². The van der Waals surface area contributed by atoms with E-state index in [0.29, 0.717) is 94.5 Å². The van der Waals surface area contributed by atoms with Crippen LogP contribution in [0.2, 0.25) is 0 Å². The van der Waals surface area contributed by atoms with E-state index in [0.717, 1.165) is 36.2 Å². The molecule has 0 heterocycles. The molecule has 8 atom stereocenters. The minimum atomic E-state index is -1.41. The topological polar surface area (TPSA) is 748 Å². The molecule has 4 rings (SSSR count). The molecule has 0 spiro atoms. The molecule has 0 aliphatic heterocycles. The van der Waals surface area contributed by atoms with Gasteiger partial charge in [0.2, 0.25) is 0 Å². The summed E-state index contributed by atoms with van der Waals surface area (Å²) in [6.45, 7) is 10.3. The van der Waals surface area contributed by atoms with Crippen molar-refractivity contribution in [2.45, 2.75) is 250 Å². The molecule has 0 saturated heterocycles. The predicted octanol–water partition coefficient (Wildman–Crippen LogP) is 7.74. The number of hydrogen-bond acceptors (Lipinski definition) is 20. The van der Waals surface area contributed by atoms with Crippen molar-refractivity contribution in [2.24, 2.45) is 0 Å². The second-order valence-electron chi connectivity index (χ2n) is 30.6. The molecular weight excluding hydrogens is 1740 g/mol. The van der Waals surface area contributed by atoms with Crippen LogP contribution in [0.4, 0.5) is 50.6 Å². The molecule has 14 amide bonds. The summed E-state index contributed by atoms with van der Waals surface area (Å²) in [5.41, 5.74) is 7.53. The molecule has 0 aliphatic rings. The maximum Gasteiger partial charge on any atom is 0.326 e. The van der Waals surface area contributed by atoms with Crippen LogP contribution >= 0.6 is 0 Å². The molecule has 27 N–H and O–H groups in total. The maximum absolute atomic E-state index is 12.2. The van der Waals surface area contributed by atoms with Crippen molar-refractivity contribution in [1.82, 2.24) is 63.8 Å². The number of aryl methyl sites for hydroxylation is 4. The highest BCUT2D eigenvalue weighted by Crippen LogP contribution is 2.16. The lowest BCUT2D eigenvalue weighted by Crippen LogP contribution is -2.49. The van der Waals surface area contributed by atoms with Crippen molar-refractivity contribution in [2.75, 3.05) is 42.1 Å². The molecule has 0 unspecified atom stereocenters. The number of anilines is 3. The summed E-state index contributed by atoms with van der Waals surface area (Å²) in [4.78, 5) is 216. The van der Waals surface area contributed by atoms with Crippen molar-refractivity contribution in [3.8, 4) is 0 Å². The average Bonchev–Trinajstić information content (AvgIpc) is 0.932. The Bertz CT molecular complexity index is 4330. The highest BCUT2D eigenvalue weighted by molar-refractivity contribution is 5.91. The number of urea groups is 7. The molecule has 46 heteroatoms. The van der Waals surface area contributed by atoms with Gasteiger partial charge < -0.3 is 141 Å². The van der Waals surface area contributed by atoms with Gasteiger partial charge in [-0.3, -0.25) is 47.9 Å². The summed E-state index contributed by atoms with van der Waals surface area (Å²) in [6, 6.07) is 18.2. The number of carboxylic acids is 12. The Morgan fingerprint density at radius 1 is 0.235 bits per heavy atom. The number of amides is 14. The molecular formula is C86H125N15O31. The van der Waals surface area contributed by atoms with Crippen molar-refractivity contribution in [3.05, 3.63) is 125 Å². The van der Waals surface area contributed by atoms with Gasteiger partial charge in [-0.15, -0.1) is 0 Å². The number of benzene rings is 4. The SMILES string of the molecule is Cc1ccc(CNCCCC[C@@H](CC(=O)O)NC(=O)N[C@@H](CCC(=O)O)CC(=O)O)cc1.Cc1ccc(NC(=O)NCCCC[C@@H](CC(=O)O)NC(=O)N[C@@H](CCC(=O)O)C(=O)O)cc1.Cc1ccc(NC(=O)NCCCC[C@@H](CC(=O)O)NC(=O)N[C@@H](CCC(=O)O)CC(=O)O)cc1.Cc1ccc(NC(=O)NCCCC[C@H](NC(=O)N[C@@H](CCC(=O)O)CC(=O)O)C(=O)O)cc1. The van der Waals surface area contributed by atoms with Gasteiger partial charge in [0.15, 0.2) is 0 Å². The molecule has 4 aromatic rings. The Hall–Kier alpha value is -14.6. The summed E-state index contributed by atoms with van der Waals surface area (Å²) in [7, 11) is 0. The van der Waals surface area contributed by atoms with Crippen LogP contribution in [0, 0.1) is 27.7 Å². The highest BCUT2D eigenvalue weighted by atomic mass is 16.4. The van der Waals surface area contributed by atoms with E-state index in [1.807, 2.05) is 76.2 Å². The number of carbonyl (C=O) groups is 19. The van der Waals surface area contributed by atoms with Crippen LogP contribution in [-0.2, 0) is 64.1 Å². The number of nitrogens with one attached hydrogen (secondary N) is 15. The van der Waals surface area contributed by atoms with E-state index < -0.39 is 176 Å². The molecule has 0 aliphatic carbocycles. The first-order valence-corrected chi connectivity index (χ1v) is 42.4. The molecule has 0 radical (unpaired) electrons. The lowest BCUT2D eigenvalue weighted by Gasteiger charge is -2.21. The van der Waals surface area contributed by atoms with Gasteiger partial charge in [-0.1, -0.05) is 89.3 Å². The van der Waals surface area contributed by atoms with Gasteiger partial charge in [0.1, 0.15) is 12.1 Å². The Balaban J connectivity index is 0.000000880. The van der Waals surface area contributed by atoms with Crippen LogP contribution in [0.25, 0.3) is 0 Å². The van der Waals surface area contributed by atoms with Gasteiger partial charge in [0.25, 0.3) is 0 Å². The van der Waals surface area contributed by atoms with Crippen molar-refractivity contribution < 1.29 is 152 Å². The zero-order valence-electron chi connectivity index (χ0n) is 73.9. The molecule has 0 saturated carbocycles. The summed E-state index contributed by atoms with van der Waals surface area (Å²) < 4.78 is 0. The third-order valence-corrected chi connectivity index (χ3v) is 18.8. The first kappa shape index (κ1) is 115. The van der Waals surface area contributed by atoms with E-state index in [2.05, 4.69) is 91.9 Å². The van der Waals surface area contributed by atoms with Crippen molar-refractivity contribution >= 4 is 131 Å². The summed E-state index contributed by atoms with van der Waals surface area (Å²) >= 11 is 0. The molecule has 46 nitrogen and oxygen atoms in total. The van der Waals surface area contributed by atoms with E-state index in [-0.39, 0.29) is 89.1 Å². The van der Waals surface area contributed by atoms with E-state index in [4.69, 9.17) is 56.2 Å². The summed E-state index contributed by atoms with van der Waals surface area (Å²) in [6.07, 6.45) is 1.30. The zero-order chi connectivity index (χ0) is 99.0. The lowest BCUT2D eigenvalue weighted by atomic mass is 10.1. The fourth-order valence-corrected chi connectivity index (χ4v) is 12.0. The quantitative estimate of drug-likeness (QED) is 0.0188. The maximum atomic E-state index is 12.2. The molecule has 730 valence electrons. The van der Waals surface area contributed by atoms with Gasteiger partial charge in [0.05, 0.1) is 38.5 Å². The van der Waals surface area contributed by atoms with Crippen LogP contribution in [0.15, 0.2) is 97.1 Å². The number of carbonyl (C=O) groups excluding carboxylic acids is 7. The van der Waals surface area contributed by atoms with Crippen LogP contribution in [0.1, 0.15) is 195 Å². The van der Waals surface area contributed by atoms with Gasteiger partial charge in [-0.05, 0) is 173 Å². The number of rotatable bonds is 59. The highest BCUT2D eigenvalue weighted by Gasteiger charge is 2.28. The standard InChI is InChI=1S/C22H32N4O8.C22H33N3O7.2C21H30N4O8/c1-14-5-7-15(8-6-14)24-21(33)23-11-3-2-4-16(12-19(29)30)25-22(34)26-17(13-20(31)32)9-10-18(27)28;1-15-5-7-16(8-6-15)14-23-11-3-2-4-17(12-20(28)29)24-22(32)25-18(13-21(30)31)9-10-19(26)27;1-13-5-7-14(8-6-13)23-20(32)22-11-3-2-4-16(19(30)31)25-21(33)24-15(12-18(28)29)9-10-17(26)27;1-13-5-7-14(8-6-13)23-20(32)22-11-3-2-4-15(12-18(28)29)24-21(33)25-16(19(30)31)9-10-17(26)27/h5-8,16-17H,2-4,9-13H2,1H3,(H,27,28)(H,29,30)(H,31,32)(H2,23,24,33)(H2,25,26,34);5-8,17-18,23H,2-4,9-14H2,1H3,(H,26,27)(H,28,29)(H,30,31)(H2,24,25,32);2*5-8,15-16H,2-4,9-12H2,1H3,(H,26,27)(H,28,29)(H,30,31)(H2,22,23,32)(H2,24,25,33)/t16-,17-;17-,18-;2*15-,16-/m0000/s1. The Morgan fingerprint density at radius 2 is 0.455 bits per heavy atom. The van der Waals surface area contributed by atoms with Gasteiger partial charge in [0, 0.05) is 105 Å². The second-order valence-corrected chi connectivity index (χ2v) is 30.6. The number of hydrogen-bond donors (Lipinski definition) is 27. The van der Waals surface area contributed by atoms with Crippen LogP contribution in [0.5, 0.6) is 0 Å². The minimum absolute atomic E-state index is 0.0364. The average molecular weight is 1870 g/mol. The van der Waals surface area contributed by atoms with E-state index >= 15 is 0 Å². The van der Waals surface area contributed by atoms with Crippen LogP contribution in [0.3, 0.4) is 0 Å². The lowest BCUT2D eigenvalue weighted by molar-refractivity contribution is -0.141. The predicted molar refractivity (Wildman–Crippen MR) is 476 cm³/mol.